The third kappa shape index (κ3) is 2.83. The van der Waals surface area contributed by atoms with Crippen molar-refractivity contribution < 1.29 is 14.4 Å². The second-order valence-electron chi connectivity index (χ2n) is 5.59. The molecule has 1 aliphatic rings. The number of rotatable bonds is 3. The van der Waals surface area contributed by atoms with Gasteiger partial charge in [0.1, 0.15) is 6.54 Å². The highest BCUT2D eigenvalue weighted by Crippen LogP contribution is 2.15. The minimum atomic E-state index is -0.673. The van der Waals surface area contributed by atoms with Gasteiger partial charge in [0.25, 0.3) is 5.91 Å². The largest absolute Gasteiger partial charge is 0.343 e. The number of imide groups is 1. The van der Waals surface area contributed by atoms with E-state index in [1.54, 1.807) is 6.92 Å². The third-order valence-corrected chi connectivity index (χ3v) is 3.59. The average molecular weight is 328 g/mol. The standard InChI is InChI=1S/C15H16N6O3/c1-8-4-5-11(9(2)6-8)21-17-10(3)13(18-21)14(23)19-20-7-12(22)16-15(20)24/h4-6H,7H2,1-3H3,(H,19,23)(H,16,22,24). The summed E-state index contributed by atoms with van der Waals surface area (Å²) in [4.78, 5) is 36.3. The van der Waals surface area contributed by atoms with E-state index in [4.69, 9.17) is 0 Å². The first-order valence-electron chi connectivity index (χ1n) is 7.29. The minimum absolute atomic E-state index is 0.0853. The normalized spacial score (nSPS) is 14.0. The molecular formula is C15H16N6O3. The Morgan fingerprint density at radius 2 is 1.96 bits per heavy atom. The zero-order valence-corrected chi connectivity index (χ0v) is 13.5. The van der Waals surface area contributed by atoms with Crippen LogP contribution in [0.1, 0.15) is 27.3 Å². The van der Waals surface area contributed by atoms with Crippen molar-refractivity contribution in [1.29, 1.82) is 0 Å². The Hall–Kier alpha value is -3.23. The molecule has 0 aliphatic carbocycles. The first kappa shape index (κ1) is 15.7. The van der Waals surface area contributed by atoms with E-state index in [0.29, 0.717) is 5.69 Å². The molecule has 1 aliphatic heterocycles. The maximum atomic E-state index is 12.3. The average Bonchev–Trinajstić information content (AvgIpc) is 3.01. The highest BCUT2D eigenvalue weighted by molar-refractivity contribution is 6.03. The van der Waals surface area contributed by atoms with Gasteiger partial charge in [0, 0.05) is 0 Å². The van der Waals surface area contributed by atoms with E-state index in [0.717, 1.165) is 21.8 Å². The molecule has 0 unspecified atom stereocenters. The van der Waals surface area contributed by atoms with E-state index in [-0.39, 0.29) is 12.2 Å². The van der Waals surface area contributed by atoms with Crippen LogP contribution < -0.4 is 10.7 Å². The van der Waals surface area contributed by atoms with E-state index in [9.17, 15) is 14.4 Å². The van der Waals surface area contributed by atoms with Crippen LogP contribution in [-0.2, 0) is 4.79 Å². The molecule has 9 nitrogen and oxygen atoms in total. The van der Waals surface area contributed by atoms with Gasteiger partial charge in [0.2, 0.25) is 5.91 Å². The highest BCUT2D eigenvalue weighted by Gasteiger charge is 2.29. The molecule has 2 N–H and O–H groups in total. The number of aryl methyl sites for hydroxylation is 3. The van der Waals surface area contributed by atoms with Crippen LogP contribution in [0.5, 0.6) is 0 Å². The fraction of sp³-hybridized carbons (Fsp3) is 0.267. The van der Waals surface area contributed by atoms with Crippen LogP contribution in [-0.4, -0.2) is 44.4 Å². The van der Waals surface area contributed by atoms with Gasteiger partial charge in [0.05, 0.1) is 11.4 Å². The number of hydrogen-bond acceptors (Lipinski definition) is 5. The summed E-state index contributed by atoms with van der Waals surface area (Å²) in [6.45, 7) is 5.34. The predicted octanol–water partition coefficient (Wildman–Crippen LogP) is 0.389. The van der Waals surface area contributed by atoms with E-state index in [2.05, 4.69) is 20.9 Å². The molecule has 1 saturated heterocycles. The minimum Gasteiger partial charge on any atom is -0.275 e. The molecule has 0 bridgehead atoms. The Balaban J connectivity index is 1.85. The zero-order chi connectivity index (χ0) is 17.4. The number of nitrogens with zero attached hydrogens (tertiary/aromatic N) is 4. The molecule has 0 spiro atoms. The molecular weight excluding hydrogens is 312 g/mol. The van der Waals surface area contributed by atoms with E-state index in [1.165, 1.54) is 4.80 Å². The number of carbonyl (C=O) groups excluding carboxylic acids is 3. The van der Waals surface area contributed by atoms with Gasteiger partial charge in [-0.3, -0.25) is 20.3 Å². The number of nitrogens with one attached hydrogen (secondary N) is 2. The molecule has 3 rings (SSSR count). The Labute approximate surface area is 137 Å². The van der Waals surface area contributed by atoms with Crippen LogP contribution in [0, 0.1) is 20.8 Å². The molecule has 2 aromatic rings. The summed E-state index contributed by atoms with van der Waals surface area (Å²) in [6.07, 6.45) is 0. The first-order chi connectivity index (χ1) is 11.3. The third-order valence-electron chi connectivity index (χ3n) is 3.59. The molecule has 1 aromatic heterocycles. The molecule has 1 aromatic carbocycles. The Bertz CT molecular complexity index is 857. The quantitative estimate of drug-likeness (QED) is 0.792. The second kappa shape index (κ2) is 5.76. The Kier molecular flexibility index (Phi) is 3.76. The fourth-order valence-corrected chi connectivity index (χ4v) is 2.43. The maximum Gasteiger partial charge on any atom is 0.343 e. The molecule has 4 amide bonds. The number of hydrogen-bond donors (Lipinski definition) is 2. The van der Waals surface area contributed by atoms with Gasteiger partial charge in [-0.1, -0.05) is 17.7 Å². The topological polar surface area (TPSA) is 109 Å². The SMILES string of the molecule is Cc1ccc(-n2nc(C)c(C(=O)NN3CC(=O)NC3=O)n2)c(C)c1. The van der Waals surface area contributed by atoms with Crippen molar-refractivity contribution in [3.8, 4) is 5.69 Å². The lowest BCUT2D eigenvalue weighted by molar-refractivity contribution is -0.118. The van der Waals surface area contributed by atoms with Gasteiger partial charge in [-0.15, -0.1) is 5.10 Å². The summed E-state index contributed by atoms with van der Waals surface area (Å²) in [6, 6.07) is 5.13. The van der Waals surface area contributed by atoms with Crippen molar-refractivity contribution >= 4 is 17.8 Å². The summed E-state index contributed by atoms with van der Waals surface area (Å²) in [5, 5.41) is 11.4. The predicted molar refractivity (Wildman–Crippen MR) is 83.3 cm³/mol. The first-order valence-corrected chi connectivity index (χ1v) is 7.29. The fourth-order valence-electron chi connectivity index (χ4n) is 2.43. The summed E-state index contributed by atoms with van der Waals surface area (Å²) < 4.78 is 0. The summed E-state index contributed by atoms with van der Waals surface area (Å²) >= 11 is 0. The van der Waals surface area contributed by atoms with E-state index < -0.39 is 17.8 Å². The summed E-state index contributed by atoms with van der Waals surface area (Å²) in [7, 11) is 0. The Morgan fingerprint density at radius 1 is 1.21 bits per heavy atom. The van der Waals surface area contributed by atoms with Crippen molar-refractivity contribution in [2.45, 2.75) is 20.8 Å². The molecule has 124 valence electrons. The van der Waals surface area contributed by atoms with Crippen LogP contribution in [0.15, 0.2) is 18.2 Å². The highest BCUT2D eigenvalue weighted by atomic mass is 16.2. The molecule has 0 radical (unpaired) electrons. The number of carbonyl (C=O) groups is 3. The van der Waals surface area contributed by atoms with Gasteiger partial charge in [0.15, 0.2) is 5.69 Å². The second-order valence-corrected chi connectivity index (χ2v) is 5.59. The van der Waals surface area contributed by atoms with Crippen molar-refractivity contribution in [2.75, 3.05) is 6.54 Å². The van der Waals surface area contributed by atoms with Gasteiger partial charge in [-0.2, -0.15) is 9.90 Å². The molecule has 1 fully saturated rings. The van der Waals surface area contributed by atoms with Crippen molar-refractivity contribution in [2.24, 2.45) is 0 Å². The van der Waals surface area contributed by atoms with Crippen LogP contribution in [0.4, 0.5) is 4.79 Å². The Morgan fingerprint density at radius 3 is 2.58 bits per heavy atom. The number of hydrazine groups is 1. The lowest BCUT2D eigenvalue weighted by Gasteiger charge is -2.13. The monoisotopic (exact) mass is 328 g/mol. The number of aromatic nitrogens is 3. The lowest BCUT2D eigenvalue weighted by atomic mass is 10.1. The van der Waals surface area contributed by atoms with Crippen molar-refractivity contribution in [1.82, 2.24) is 30.7 Å². The number of benzene rings is 1. The van der Waals surface area contributed by atoms with Gasteiger partial charge in [-0.05, 0) is 32.4 Å². The van der Waals surface area contributed by atoms with Gasteiger partial charge in [-0.25, -0.2) is 9.80 Å². The van der Waals surface area contributed by atoms with Gasteiger partial charge < -0.3 is 0 Å². The van der Waals surface area contributed by atoms with E-state index >= 15 is 0 Å². The van der Waals surface area contributed by atoms with Crippen LogP contribution in [0.2, 0.25) is 0 Å². The smallest absolute Gasteiger partial charge is 0.275 e. The zero-order valence-electron chi connectivity index (χ0n) is 13.5. The van der Waals surface area contributed by atoms with Crippen LogP contribution in [0.3, 0.4) is 0 Å². The molecule has 0 atom stereocenters. The number of urea groups is 1. The number of amides is 4. The maximum absolute atomic E-state index is 12.3. The van der Waals surface area contributed by atoms with Crippen LogP contribution >= 0.6 is 0 Å². The van der Waals surface area contributed by atoms with Crippen LogP contribution in [0.25, 0.3) is 5.69 Å². The van der Waals surface area contributed by atoms with Gasteiger partial charge >= 0.3 is 6.03 Å². The summed E-state index contributed by atoms with van der Waals surface area (Å²) in [5.74, 6) is -1.08. The van der Waals surface area contributed by atoms with E-state index in [1.807, 2.05) is 32.0 Å². The molecule has 0 saturated carbocycles. The van der Waals surface area contributed by atoms with Crippen molar-refractivity contribution in [3.05, 3.63) is 40.7 Å². The lowest BCUT2D eigenvalue weighted by Crippen LogP contribution is -2.44. The summed E-state index contributed by atoms with van der Waals surface area (Å²) in [5.41, 5.74) is 5.70. The molecule has 9 heteroatoms. The molecule has 2 heterocycles. The molecule has 24 heavy (non-hydrogen) atoms. The van der Waals surface area contributed by atoms with Crippen molar-refractivity contribution in [3.63, 3.8) is 0 Å².